The molecule has 3 heterocycles. The number of amides is 1. The maximum atomic E-state index is 15.0. The van der Waals surface area contributed by atoms with E-state index in [4.69, 9.17) is 25.8 Å². The molecule has 2 saturated heterocycles. The third kappa shape index (κ3) is 4.51. The third-order valence-electron chi connectivity index (χ3n) is 9.50. The summed E-state index contributed by atoms with van der Waals surface area (Å²) >= 11 is 6.29. The summed E-state index contributed by atoms with van der Waals surface area (Å²) < 4.78 is 17.1. The summed E-state index contributed by atoms with van der Waals surface area (Å²) in [6.45, 7) is -0.00997. The van der Waals surface area contributed by atoms with Crippen LogP contribution in [0, 0.1) is 5.41 Å². The summed E-state index contributed by atoms with van der Waals surface area (Å²) in [6.07, 6.45) is 0. The van der Waals surface area contributed by atoms with Crippen LogP contribution in [0.1, 0.15) is 33.3 Å². The summed E-state index contributed by atoms with van der Waals surface area (Å²) in [5.74, 6) is -0.926. The van der Waals surface area contributed by atoms with E-state index in [9.17, 15) is 9.59 Å². The SMILES string of the molecule is COC(=O)[C@@H]1N[C@H]([C@@H]2[C@H](c3ccccc3)C(=O)N2c2ccc(OC)cc2)[C@@]2(COc3ccccc3C2=O)[C@H]1c1ccc(Cl)cc1. The number of fused-ring (bicyclic) bond motifs is 1. The van der Waals surface area contributed by atoms with Crippen molar-refractivity contribution in [3.8, 4) is 11.5 Å². The average molecular weight is 623 g/mol. The number of Topliss-reactive ketones (excluding diaryl/α,β-unsaturated/α-hetero) is 1. The number of hydrogen-bond donors (Lipinski definition) is 1. The van der Waals surface area contributed by atoms with Gasteiger partial charge in [-0.15, -0.1) is 0 Å². The molecule has 2 fully saturated rings. The number of carbonyl (C=O) groups excluding carboxylic acids is 3. The molecule has 1 amide bonds. The molecule has 1 spiro atoms. The maximum absolute atomic E-state index is 15.0. The number of hydrogen-bond acceptors (Lipinski definition) is 7. The van der Waals surface area contributed by atoms with Crippen LogP contribution in [0.4, 0.5) is 5.69 Å². The van der Waals surface area contributed by atoms with E-state index in [2.05, 4.69) is 5.32 Å². The van der Waals surface area contributed by atoms with Gasteiger partial charge in [-0.05, 0) is 59.7 Å². The molecule has 7 rings (SSSR count). The number of benzene rings is 4. The quantitative estimate of drug-likeness (QED) is 0.227. The lowest BCUT2D eigenvalue weighted by molar-refractivity contribution is -0.143. The lowest BCUT2D eigenvalue weighted by Crippen LogP contribution is -2.71. The number of methoxy groups -OCH3 is 2. The monoisotopic (exact) mass is 622 g/mol. The molecule has 3 aliphatic heterocycles. The van der Waals surface area contributed by atoms with Gasteiger partial charge in [0, 0.05) is 22.7 Å². The minimum Gasteiger partial charge on any atom is -0.497 e. The highest BCUT2D eigenvalue weighted by atomic mass is 35.5. The van der Waals surface area contributed by atoms with Crippen molar-refractivity contribution in [2.24, 2.45) is 5.41 Å². The van der Waals surface area contributed by atoms with Crippen molar-refractivity contribution in [3.05, 3.63) is 125 Å². The first kappa shape index (κ1) is 29.1. The molecular weight excluding hydrogens is 592 g/mol. The van der Waals surface area contributed by atoms with Gasteiger partial charge in [-0.2, -0.15) is 0 Å². The molecule has 1 N–H and O–H groups in total. The Morgan fingerprint density at radius 2 is 1.58 bits per heavy atom. The van der Waals surface area contributed by atoms with Gasteiger partial charge < -0.3 is 19.1 Å². The average Bonchev–Trinajstić information content (AvgIpc) is 3.41. The molecule has 4 aromatic carbocycles. The first-order valence-corrected chi connectivity index (χ1v) is 15.1. The number of ether oxygens (including phenoxy) is 3. The molecule has 4 aromatic rings. The molecule has 228 valence electrons. The number of nitrogens with one attached hydrogen (secondary N) is 1. The Morgan fingerprint density at radius 1 is 0.889 bits per heavy atom. The lowest BCUT2D eigenvalue weighted by atomic mass is 9.59. The highest BCUT2D eigenvalue weighted by Gasteiger charge is 2.70. The predicted molar refractivity (Wildman–Crippen MR) is 169 cm³/mol. The van der Waals surface area contributed by atoms with E-state index >= 15 is 4.79 Å². The number of rotatable bonds is 6. The maximum Gasteiger partial charge on any atom is 0.323 e. The first-order valence-electron chi connectivity index (χ1n) is 14.8. The van der Waals surface area contributed by atoms with Gasteiger partial charge in [0.15, 0.2) is 5.78 Å². The highest BCUT2D eigenvalue weighted by Crippen LogP contribution is 2.57. The molecule has 0 aromatic heterocycles. The van der Waals surface area contributed by atoms with Crippen molar-refractivity contribution in [2.75, 3.05) is 25.7 Å². The number of halogens is 1. The standard InChI is InChI=1S/C36H31ClN2O6/c1-43-25-18-16-24(17-19-25)39-31(28(34(39)41)21-8-4-3-5-9-21)32-36(20-45-27-11-7-6-10-26(27)33(36)40)29(30(38-32)35(42)44-2)22-12-14-23(37)15-13-22/h3-19,28-32,38H,20H2,1-2H3/t28-,29-,30+,31-,32+,36+/m0/s1. The van der Waals surface area contributed by atoms with Crippen LogP contribution < -0.4 is 19.7 Å². The van der Waals surface area contributed by atoms with E-state index in [-0.39, 0.29) is 18.3 Å². The summed E-state index contributed by atoms with van der Waals surface area (Å²) in [5.41, 5.74) is 1.34. The Morgan fingerprint density at radius 3 is 2.27 bits per heavy atom. The largest absolute Gasteiger partial charge is 0.497 e. The Bertz CT molecular complexity index is 1760. The molecule has 45 heavy (non-hydrogen) atoms. The second-order valence-corrected chi connectivity index (χ2v) is 12.1. The van der Waals surface area contributed by atoms with Gasteiger partial charge in [0.05, 0.1) is 37.2 Å². The zero-order valence-corrected chi connectivity index (χ0v) is 25.4. The van der Waals surface area contributed by atoms with Crippen LogP contribution in [-0.4, -0.2) is 56.6 Å². The van der Waals surface area contributed by atoms with E-state index in [1.165, 1.54) is 7.11 Å². The number of nitrogens with zero attached hydrogens (tertiary/aromatic N) is 1. The number of esters is 1. The van der Waals surface area contributed by atoms with Crippen molar-refractivity contribution in [1.82, 2.24) is 5.32 Å². The number of ketones is 1. The normalized spacial score (nSPS) is 27.0. The number of anilines is 1. The van der Waals surface area contributed by atoms with E-state index in [1.54, 1.807) is 54.5 Å². The van der Waals surface area contributed by atoms with Crippen LogP contribution in [0.2, 0.25) is 5.02 Å². The number of β-lactam (4-membered cyclic amide) rings is 1. The zero-order chi connectivity index (χ0) is 31.3. The number of carbonyl (C=O) groups is 3. The smallest absolute Gasteiger partial charge is 0.323 e. The predicted octanol–water partition coefficient (Wildman–Crippen LogP) is 5.41. The minimum atomic E-state index is -1.30. The zero-order valence-electron chi connectivity index (χ0n) is 24.7. The lowest BCUT2D eigenvalue weighted by Gasteiger charge is -2.54. The van der Waals surface area contributed by atoms with Crippen LogP contribution in [-0.2, 0) is 14.3 Å². The molecule has 8 nitrogen and oxygen atoms in total. The summed E-state index contributed by atoms with van der Waals surface area (Å²) in [4.78, 5) is 44.5. The number of para-hydroxylation sites is 1. The summed E-state index contributed by atoms with van der Waals surface area (Å²) in [5, 5.41) is 4.07. The first-order chi connectivity index (χ1) is 21.9. The fraction of sp³-hybridized carbons (Fsp3) is 0.250. The molecule has 3 aliphatic rings. The van der Waals surface area contributed by atoms with Gasteiger partial charge in [-0.25, -0.2) is 0 Å². The minimum absolute atomic E-state index is 0.00997. The fourth-order valence-electron chi connectivity index (χ4n) is 7.47. The van der Waals surface area contributed by atoms with Crippen molar-refractivity contribution < 1.29 is 28.6 Å². The van der Waals surface area contributed by atoms with Crippen LogP contribution in [0.15, 0.2) is 103 Å². The summed E-state index contributed by atoms with van der Waals surface area (Å²) in [6, 6.07) is 28.9. The van der Waals surface area contributed by atoms with Crippen molar-refractivity contribution in [2.45, 2.75) is 30.0 Å². The van der Waals surface area contributed by atoms with E-state index < -0.39 is 41.3 Å². The molecule has 0 unspecified atom stereocenters. The van der Waals surface area contributed by atoms with Crippen molar-refractivity contribution >= 4 is 34.9 Å². The van der Waals surface area contributed by atoms with Crippen LogP contribution >= 0.6 is 11.6 Å². The molecule has 0 bridgehead atoms. The van der Waals surface area contributed by atoms with Crippen molar-refractivity contribution in [3.63, 3.8) is 0 Å². The Hall–Kier alpha value is -4.66. The van der Waals surface area contributed by atoms with Gasteiger partial charge in [0.1, 0.15) is 24.1 Å². The molecule has 0 radical (unpaired) electrons. The van der Waals surface area contributed by atoms with Crippen LogP contribution in [0.5, 0.6) is 11.5 Å². The summed E-state index contributed by atoms with van der Waals surface area (Å²) in [7, 11) is 2.92. The second kappa shape index (κ2) is 11.4. The van der Waals surface area contributed by atoms with E-state index in [0.717, 1.165) is 11.1 Å². The van der Waals surface area contributed by atoms with E-state index in [1.807, 2.05) is 60.7 Å². The van der Waals surface area contributed by atoms with Crippen LogP contribution in [0.3, 0.4) is 0 Å². The van der Waals surface area contributed by atoms with Gasteiger partial charge in [0.25, 0.3) is 0 Å². The van der Waals surface area contributed by atoms with Gasteiger partial charge in [-0.3, -0.25) is 19.7 Å². The molecular formula is C36H31ClN2O6. The third-order valence-corrected chi connectivity index (χ3v) is 9.75. The fourth-order valence-corrected chi connectivity index (χ4v) is 7.60. The second-order valence-electron chi connectivity index (χ2n) is 11.6. The molecule has 0 saturated carbocycles. The molecule has 6 atom stereocenters. The Balaban J connectivity index is 1.45. The van der Waals surface area contributed by atoms with Gasteiger partial charge in [0.2, 0.25) is 5.91 Å². The topological polar surface area (TPSA) is 94.2 Å². The van der Waals surface area contributed by atoms with Gasteiger partial charge >= 0.3 is 5.97 Å². The van der Waals surface area contributed by atoms with E-state index in [0.29, 0.717) is 27.8 Å². The highest BCUT2D eigenvalue weighted by molar-refractivity contribution is 6.30. The Kier molecular flexibility index (Phi) is 7.34. The Labute approximate surface area is 265 Å². The van der Waals surface area contributed by atoms with Crippen LogP contribution in [0.25, 0.3) is 0 Å². The molecule has 9 heteroatoms. The van der Waals surface area contributed by atoms with Gasteiger partial charge in [-0.1, -0.05) is 66.2 Å². The van der Waals surface area contributed by atoms with Crippen molar-refractivity contribution in [1.29, 1.82) is 0 Å². The molecule has 0 aliphatic carbocycles.